The smallest absolute Gasteiger partial charge is 0.312 e. The molecule has 0 amide bonds. The van der Waals surface area contributed by atoms with Gasteiger partial charge in [-0.15, -0.1) is 0 Å². The van der Waals surface area contributed by atoms with Crippen LogP contribution in [0.1, 0.15) is 58.4 Å². The van der Waals surface area contributed by atoms with E-state index in [1.807, 2.05) is 6.07 Å². The molecule has 4 rings (SSSR count). The molecular formula is C20H28O4. The van der Waals surface area contributed by atoms with Crippen LogP contribution in [0.3, 0.4) is 0 Å². The second-order valence-electron chi connectivity index (χ2n) is 8.80. The number of furan rings is 1. The Morgan fingerprint density at radius 1 is 1.33 bits per heavy atom. The van der Waals surface area contributed by atoms with Gasteiger partial charge in [-0.05, 0) is 56.6 Å². The number of hydrogen-bond donors (Lipinski definition) is 1. The fourth-order valence-corrected chi connectivity index (χ4v) is 6.30. The third kappa shape index (κ3) is 1.92. The summed E-state index contributed by atoms with van der Waals surface area (Å²) in [4.78, 5) is 12.6. The van der Waals surface area contributed by atoms with Crippen LogP contribution in [-0.2, 0) is 16.0 Å². The van der Waals surface area contributed by atoms with Crippen LogP contribution in [0.2, 0.25) is 0 Å². The predicted octanol–water partition coefficient (Wildman–Crippen LogP) is 3.72. The van der Waals surface area contributed by atoms with Crippen molar-refractivity contribution in [3.8, 4) is 0 Å². The van der Waals surface area contributed by atoms with Gasteiger partial charge in [-0.1, -0.05) is 20.3 Å². The first-order valence-electron chi connectivity index (χ1n) is 9.26. The molecule has 2 aliphatic carbocycles. The molecular weight excluding hydrogens is 304 g/mol. The fraction of sp³-hybridized carbons (Fsp3) is 0.750. The van der Waals surface area contributed by atoms with Gasteiger partial charge in [0, 0.05) is 11.3 Å². The van der Waals surface area contributed by atoms with Crippen molar-refractivity contribution in [3.05, 3.63) is 24.2 Å². The van der Waals surface area contributed by atoms with E-state index in [4.69, 9.17) is 9.15 Å². The Hall–Kier alpha value is -1.29. The summed E-state index contributed by atoms with van der Waals surface area (Å²) in [6.45, 7) is 6.38. The molecule has 0 spiro atoms. The zero-order valence-corrected chi connectivity index (χ0v) is 14.9. The van der Waals surface area contributed by atoms with Crippen molar-refractivity contribution in [1.29, 1.82) is 0 Å². The fourth-order valence-electron chi connectivity index (χ4n) is 6.30. The molecule has 1 aromatic heterocycles. The van der Waals surface area contributed by atoms with Gasteiger partial charge in [0.1, 0.15) is 6.10 Å². The van der Waals surface area contributed by atoms with Gasteiger partial charge in [0.2, 0.25) is 0 Å². The maximum atomic E-state index is 12.6. The molecule has 132 valence electrons. The second-order valence-corrected chi connectivity index (χ2v) is 8.80. The van der Waals surface area contributed by atoms with Crippen molar-refractivity contribution in [3.63, 3.8) is 0 Å². The molecule has 4 nitrogen and oxygen atoms in total. The van der Waals surface area contributed by atoms with E-state index < -0.39 is 11.0 Å². The summed E-state index contributed by atoms with van der Waals surface area (Å²) in [5.74, 6) is 0.190. The topological polar surface area (TPSA) is 59.7 Å². The highest BCUT2D eigenvalue weighted by molar-refractivity contribution is 5.80. The minimum atomic E-state index is -0.777. The van der Waals surface area contributed by atoms with Crippen molar-refractivity contribution in [2.45, 2.75) is 71.0 Å². The summed E-state index contributed by atoms with van der Waals surface area (Å²) < 4.78 is 11.0. The van der Waals surface area contributed by atoms with Crippen molar-refractivity contribution in [2.75, 3.05) is 0 Å². The summed E-state index contributed by atoms with van der Waals surface area (Å²) in [5, 5.41) is 11.9. The molecule has 6 atom stereocenters. The molecule has 2 heterocycles. The van der Waals surface area contributed by atoms with E-state index in [1.165, 1.54) is 0 Å². The van der Waals surface area contributed by atoms with Crippen LogP contribution >= 0.6 is 0 Å². The Kier molecular flexibility index (Phi) is 3.44. The zero-order chi connectivity index (χ0) is 17.2. The standard InChI is InChI=1S/C20H28O4/c1-13-11-15-16-18(2,17(21)24-15)7-4-8-19(16,3)20(13,22)9-5-14-6-10-23-12-14/h6,10,12-13,15-16,22H,4-5,7-9,11H2,1-3H3/t13-,15+,16-,18+,19-,20+/m0/s1. The lowest BCUT2D eigenvalue weighted by atomic mass is 9.44. The number of carbonyl (C=O) groups is 1. The third-order valence-electron chi connectivity index (χ3n) is 7.63. The van der Waals surface area contributed by atoms with Crippen LogP contribution < -0.4 is 0 Å². The van der Waals surface area contributed by atoms with Gasteiger partial charge in [-0.2, -0.15) is 0 Å². The quantitative estimate of drug-likeness (QED) is 0.857. The van der Waals surface area contributed by atoms with E-state index >= 15 is 0 Å². The van der Waals surface area contributed by atoms with E-state index in [2.05, 4.69) is 20.8 Å². The average Bonchev–Trinajstić information content (AvgIpc) is 3.12. The minimum absolute atomic E-state index is 0.0306. The Bertz CT molecular complexity index is 638. The van der Waals surface area contributed by atoms with E-state index in [1.54, 1.807) is 12.5 Å². The maximum Gasteiger partial charge on any atom is 0.312 e. The molecule has 0 aromatic carbocycles. The summed E-state index contributed by atoms with van der Waals surface area (Å²) in [7, 11) is 0. The van der Waals surface area contributed by atoms with E-state index in [9.17, 15) is 9.90 Å². The highest BCUT2D eigenvalue weighted by Crippen LogP contribution is 2.67. The molecule has 24 heavy (non-hydrogen) atoms. The molecule has 1 aliphatic heterocycles. The maximum absolute atomic E-state index is 12.6. The van der Waals surface area contributed by atoms with Crippen LogP contribution in [0.5, 0.6) is 0 Å². The third-order valence-corrected chi connectivity index (χ3v) is 7.63. The molecule has 0 bridgehead atoms. The lowest BCUT2D eigenvalue weighted by molar-refractivity contribution is -0.217. The van der Waals surface area contributed by atoms with Gasteiger partial charge >= 0.3 is 5.97 Å². The highest BCUT2D eigenvalue weighted by atomic mass is 16.6. The first kappa shape index (κ1) is 16.2. The van der Waals surface area contributed by atoms with E-state index in [-0.39, 0.29) is 29.3 Å². The van der Waals surface area contributed by atoms with Crippen LogP contribution in [0.4, 0.5) is 0 Å². The van der Waals surface area contributed by atoms with Crippen LogP contribution in [0.25, 0.3) is 0 Å². The Labute approximate surface area is 143 Å². The van der Waals surface area contributed by atoms with Crippen molar-refractivity contribution in [1.82, 2.24) is 0 Å². The van der Waals surface area contributed by atoms with Gasteiger partial charge in [-0.3, -0.25) is 4.79 Å². The molecule has 0 radical (unpaired) electrons. The van der Waals surface area contributed by atoms with Crippen LogP contribution in [0.15, 0.2) is 23.0 Å². The van der Waals surface area contributed by atoms with Crippen LogP contribution in [0, 0.1) is 22.7 Å². The Morgan fingerprint density at radius 2 is 2.12 bits per heavy atom. The summed E-state index contributed by atoms with van der Waals surface area (Å²) in [5.41, 5.74) is -0.362. The van der Waals surface area contributed by atoms with Crippen LogP contribution in [-0.4, -0.2) is 22.8 Å². The molecule has 1 saturated heterocycles. The lowest BCUT2D eigenvalue weighted by Gasteiger charge is -2.61. The minimum Gasteiger partial charge on any atom is -0.472 e. The zero-order valence-electron chi connectivity index (χ0n) is 14.9. The van der Waals surface area contributed by atoms with Gasteiger partial charge in [0.05, 0.1) is 23.5 Å². The molecule has 1 N–H and O–H groups in total. The number of ether oxygens (including phenoxy) is 1. The lowest BCUT2D eigenvalue weighted by Crippen LogP contribution is -2.65. The molecule has 4 heteroatoms. The van der Waals surface area contributed by atoms with Crippen molar-refractivity contribution >= 4 is 5.97 Å². The summed E-state index contributed by atoms with van der Waals surface area (Å²) in [6.07, 6.45) is 8.51. The van der Waals surface area contributed by atoms with E-state index in [0.29, 0.717) is 6.42 Å². The van der Waals surface area contributed by atoms with E-state index in [0.717, 1.165) is 37.7 Å². The van der Waals surface area contributed by atoms with Gasteiger partial charge < -0.3 is 14.3 Å². The number of rotatable bonds is 3. The number of carbonyl (C=O) groups excluding carboxylic acids is 1. The van der Waals surface area contributed by atoms with Crippen molar-refractivity contribution < 1.29 is 19.1 Å². The monoisotopic (exact) mass is 332 g/mol. The number of aryl methyl sites for hydroxylation is 1. The summed E-state index contributed by atoms with van der Waals surface area (Å²) in [6, 6.07) is 1.97. The first-order valence-corrected chi connectivity index (χ1v) is 9.26. The Balaban J connectivity index is 1.70. The average molecular weight is 332 g/mol. The highest BCUT2D eigenvalue weighted by Gasteiger charge is 2.70. The number of hydrogen-bond acceptors (Lipinski definition) is 4. The molecule has 0 unspecified atom stereocenters. The van der Waals surface area contributed by atoms with Crippen molar-refractivity contribution in [2.24, 2.45) is 22.7 Å². The largest absolute Gasteiger partial charge is 0.472 e. The molecule has 3 aliphatic rings. The van der Waals surface area contributed by atoms with Gasteiger partial charge in [-0.25, -0.2) is 0 Å². The molecule has 2 saturated carbocycles. The molecule has 3 fully saturated rings. The second kappa shape index (κ2) is 5.10. The molecule has 1 aromatic rings. The summed E-state index contributed by atoms with van der Waals surface area (Å²) >= 11 is 0. The normalized spacial score (nSPS) is 47.3. The Morgan fingerprint density at radius 3 is 2.83 bits per heavy atom. The predicted molar refractivity (Wildman–Crippen MR) is 89.2 cm³/mol. The number of aliphatic hydroxyl groups is 1. The van der Waals surface area contributed by atoms with Gasteiger partial charge in [0.25, 0.3) is 0 Å². The van der Waals surface area contributed by atoms with Gasteiger partial charge in [0.15, 0.2) is 0 Å². The number of esters is 1. The first-order chi connectivity index (χ1) is 11.3. The SMILES string of the molecule is C[C@H]1C[C@H]2OC(=O)[C@]3(C)CCC[C@@](C)([C@@H]23)[C@@]1(O)CCc1ccoc1.